The van der Waals surface area contributed by atoms with Crippen molar-refractivity contribution in [1.82, 2.24) is 0 Å². The Bertz CT molecular complexity index is 674. The summed E-state index contributed by atoms with van der Waals surface area (Å²) < 4.78 is 5.64. The Morgan fingerprint density at radius 1 is 1.14 bits per heavy atom. The van der Waals surface area contributed by atoms with Gasteiger partial charge in [0.15, 0.2) is 6.10 Å². The highest BCUT2D eigenvalue weighted by Crippen LogP contribution is 2.23. The molecule has 1 amide bonds. The molecule has 0 unspecified atom stereocenters. The number of hydrogen-bond donors (Lipinski definition) is 1. The number of carbonyl (C=O) groups excluding carboxylic acids is 1. The molecule has 2 rings (SSSR count). The molecule has 0 saturated carbocycles. The van der Waals surface area contributed by atoms with Crippen molar-refractivity contribution >= 4 is 23.2 Å². The average molecular weight is 318 g/mol. The van der Waals surface area contributed by atoms with Gasteiger partial charge in [-0.25, -0.2) is 0 Å². The van der Waals surface area contributed by atoms with Gasteiger partial charge in [0.25, 0.3) is 5.91 Å². The summed E-state index contributed by atoms with van der Waals surface area (Å²) >= 11 is 5.91. The quantitative estimate of drug-likeness (QED) is 0.889. The maximum absolute atomic E-state index is 12.3. The van der Waals surface area contributed by atoms with E-state index in [0.717, 1.165) is 16.8 Å². The number of benzene rings is 2. The maximum Gasteiger partial charge on any atom is 0.265 e. The molecule has 22 heavy (non-hydrogen) atoms. The van der Waals surface area contributed by atoms with E-state index in [-0.39, 0.29) is 5.91 Å². The first-order valence-electron chi connectivity index (χ1n) is 7.18. The van der Waals surface area contributed by atoms with Gasteiger partial charge in [-0.15, -0.1) is 0 Å². The number of rotatable bonds is 4. The smallest absolute Gasteiger partial charge is 0.265 e. The van der Waals surface area contributed by atoms with E-state index in [4.69, 9.17) is 16.3 Å². The molecule has 2 aromatic rings. The van der Waals surface area contributed by atoms with Crippen molar-refractivity contribution in [2.45, 2.75) is 33.8 Å². The molecule has 0 aliphatic rings. The van der Waals surface area contributed by atoms with Crippen LogP contribution in [0.15, 0.2) is 36.4 Å². The second-order valence-electron chi connectivity index (χ2n) is 5.48. The molecule has 0 spiro atoms. The third-order valence-corrected chi connectivity index (χ3v) is 3.64. The largest absolute Gasteiger partial charge is 0.481 e. The number of ether oxygens (including phenoxy) is 1. The summed E-state index contributed by atoms with van der Waals surface area (Å²) in [6, 6.07) is 11.1. The van der Waals surface area contributed by atoms with Crippen LogP contribution in [0.1, 0.15) is 23.6 Å². The molecule has 0 heterocycles. The van der Waals surface area contributed by atoms with Crippen LogP contribution in [0.25, 0.3) is 0 Å². The number of nitrogens with one attached hydrogen (secondary N) is 1. The van der Waals surface area contributed by atoms with Crippen molar-refractivity contribution in [1.29, 1.82) is 0 Å². The maximum atomic E-state index is 12.3. The molecule has 1 N–H and O–H groups in total. The number of carbonyl (C=O) groups is 1. The van der Waals surface area contributed by atoms with Gasteiger partial charge in [0.2, 0.25) is 0 Å². The van der Waals surface area contributed by atoms with Crippen LogP contribution in [0, 0.1) is 20.8 Å². The Morgan fingerprint density at radius 2 is 1.77 bits per heavy atom. The lowest BCUT2D eigenvalue weighted by Gasteiger charge is -2.17. The lowest BCUT2D eigenvalue weighted by molar-refractivity contribution is -0.122. The highest BCUT2D eigenvalue weighted by molar-refractivity contribution is 6.30. The van der Waals surface area contributed by atoms with E-state index < -0.39 is 6.10 Å². The number of aryl methyl sites for hydroxylation is 3. The van der Waals surface area contributed by atoms with E-state index in [1.807, 2.05) is 32.9 Å². The van der Waals surface area contributed by atoms with Gasteiger partial charge in [0, 0.05) is 10.7 Å². The summed E-state index contributed by atoms with van der Waals surface area (Å²) in [5.41, 5.74) is 4.11. The normalized spacial score (nSPS) is 11.9. The van der Waals surface area contributed by atoms with Crippen LogP contribution in [0.4, 0.5) is 5.69 Å². The van der Waals surface area contributed by atoms with Crippen molar-refractivity contribution in [2.75, 3.05) is 5.32 Å². The monoisotopic (exact) mass is 317 g/mol. The molecule has 0 aliphatic carbocycles. The van der Waals surface area contributed by atoms with E-state index in [1.165, 1.54) is 5.56 Å². The summed E-state index contributed by atoms with van der Waals surface area (Å²) in [5.74, 6) is 0.391. The molecular weight excluding hydrogens is 298 g/mol. The second kappa shape index (κ2) is 6.84. The molecule has 1 atom stereocenters. The highest BCUT2D eigenvalue weighted by Gasteiger charge is 2.17. The predicted molar refractivity (Wildman–Crippen MR) is 90.8 cm³/mol. The average Bonchev–Trinajstić information content (AvgIpc) is 2.42. The van der Waals surface area contributed by atoms with Gasteiger partial charge in [0.1, 0.15) is 5.75 Å². The fraction of sp³-hybridized carbons (Fsp3) is 0.278. The lowest BCUT2D eigenvalue weighted by atomic mass is 10.0. The van der Waals surface area contributed by atoms with Crippen LogP contribution >= 0.6 is 11.6 Å². The van der Waals surface area contributed by atoms with E-state index in [0.29, 0.717) is 10.8 Å². The molecule has 0 radical (unpaired) electrons. The number of amides is 1. The Morgan fingerprint density at radius 3 is 2.36 bits per heavy atom. The predicted octanol–water partition coefficient (Wildman–Crippen LogP) is 4.67. The minimum atomic E-state index is -0.612. The Balaban J connectivity index is 2.09. The van der Waals surface area contributed by atoms with E-state index in [2.05, 4.69) is 5.32 Å². The van der Waals surface area contributed by atoms with Crippen molar-refractivity contribution in [2.24, 2.45) is 0 Å². The Hall–Kier alpha value is -2.00. The molecule has 2 aromatic carbocycles. The minimum Gasteiger partial charge on any atom is -0.481 e. The molecule has 116 valence electrons. The van der Waals surface area contributed by atoms with Gasteiger partial charge in [-0.05, 0) is 57.0 Å². The van der Waals surface area contributed by atoms with E-state index >= 15 is 0 Å². The molecule has 0 bridgehead atoms. The zero-order valence-corrected chi connectivity index (χ0v) is 14.0. The van der Waals surface area contributed by atoms with Gasteiger partial charge in [0.05, 0.1) is 0 Å². The van der Waals surface area contributed by atoms with Crippen LogP contribution in [0.2, 0.25) is 5.02 Å². The molecule has 0 saturated heterocycles. The zero-order chi connectivity index (χ0) is 16.3. The SMILES string of the molecule is Cc1cc(C)c(NC(=O)[C@@H](C)Oc2cccc(Cl)c2)c(C)c1. The summed E-state index contributed by atoms with van der Waals surface area (Å²) in [6.45, 7) is 7.72. The van der Waals surface area contributed by atoms with Crippen molar-refractivity contribution in [3.8, 4) is 5.75 Å². The Labute approximate surface area is 136 Å². The third-order valence-electron chi connectivity index (χ3n) is 3.40. The molecular formula is C18H20ClNO2. The second-order valence-corrected chi connectivity index (χ2v) is 5.92. The molecule has 0 fully saturated rings. The minimum absolute atomic E-state index is 0.185. The summed E-state index contributed by atoms with van der Waals surface area (Å²) in [6.07, 6.45) is -0.612. The number of hydrogen-bond acceptors (Lipinski definition) is 2. The van der Waals surface area contributed by atoms with Gasteiger partial charge >= 0.3 is 0 Å². The molecule has 0 aromatic heterocycles. The molecule has 3 nitrogen and oxygen atoms in total. The molecule has 0 aliphatic heterocycles. The fourth-order valence-corrected chi connectivity index (χ4v) is 2.58. The van der Waals surface area contributed by atoms with Crippen LogP contribution in [0.3, 0.4) is 0 Å². The Kier molecular flexibility index (Phi) is 5.09. The standard InChI is InChI=1S/C18H20ClNO2/c1-11-8-12(2)17(13(3)9-11)20-18(21)14(4)22-16-7-5-6-15(19)10-16/h5-10,14H,1-4H3,(H,20,21)/t14-/m1/s1. The number of halogens is 1. The van der Waals surface area contributed by atoms with Crippen LogP contribution in [0.5, 0.6) is 5.75 Å². The van der Waals surface area contributed by atoms with Crippen LogP contribution in [-0.2, 0) is 4.79 Å². The van der Waals surface area contributed by atoms with Gasteiger partial charge in [-0.3, -0.25) is 4.79 Å². The first kappa shape index (κ1) is 16.4. The summed E-state index contributed by atoms with van der Waals surface area (Å²) in [7, 11) is 0. The third kappa shape index (κ3) is 4.01. The van der Waals surface area contributed by atoms with E-state index in [9.17, 15) is 4.79 Å². The topological polar surface area (TPSA) is 38.3 Å². The first-order chi connectivity index (χ1) is 10.4. The number of anilines is 1. The summed E-state index contributed by atoms with van der Waals surface area (Å²) in [4.78, 5) is 12.3. The first-order valence-corrected chi connectivity index (χ1v) is 7.55. The summed E-state index contributed by atoms with van der Waals surface area (Å²) in [5, 5.41) is 3.52. The fourth-order valence-electron chi connectivity index (χ4n) is 2.40. The van der Waals surface area contributed by atoms with Crippen molar-refractivity contribution in [3.05, 3.63) is 58.1 Å². The van der Waals surface area contributed by atoms with E-state index in [1.54, 1.807) is 31.2 Å². The highest BCUT2D eigenvalue weighted by atomic mass is 35.5. The lowest BCUT2D eigenvalue weighted by Crippen LogP contribution is -2.30. The van der Waals surface area contributed by atoms with Crippen molar-refractivity contribution in [3.63, 3.8) is 0 Å². The molecule has 4 heteroatoms. The van der Waals surface area contributed by atoms with Gasteiger partial charge in [-0.2, -0.15) is 0 Å². The van der Waals surface area contributed by atoms with Gasteiger partial charge in [-0.1, -0.05) is 35.4 Å². The van der Waals surface area contributed by atoms with Crippen LogP contribution < -0.4 is 10.1 Å². The zero-order valence-electron chi connectivity index (χ0n) is 13.2. The van der Waals surface area contributed by atoms with Gasteiger partial charge < -0.3 is 10.1 Å². The van der Waals surface area contributed by atoms with Crippen LogP contribution in [-0.4, -0.2) is 12.0 Å². The van der Waals surface area contributed by atoms with Crippen molar-refractivity contribution < 1.29 is 9.53 Å².